The molecule has 9 heavy (non-hydrogen) atoms. The molecule has 1 heterocycles. The summed E-state index contributed by atoms with van der Waals surface area (Å²) in [6, 6.07) is 0. The average molecular weight is 125 g/mol. The van der Waals surface area contributed by atoms with Gasteiger partial charge in [-0.1, -0.05) is 0 Å². The average Bonchev–Trinajstić information content (AvgIpc) is 2.12. The van der Waals surface area contributed by atoms with Gasteiger partial charge in [-0.25, -0.2) is 0 Å². The summed E-state index contributed by atoms with van der Waals surface area (Å²) >= 11 is 0. The van der Waals surface area contributed by atoms with Crippen LogP contribution in [0.5, 0.6) is 0 Å². The highest BCUT2D eigenvalue weighted by Gasteiger charge is 2.13. The summed E-state index contributed by atoms with van der Waals surface area (Å²) in [5.74, 6) is 0.731. The lowest BCUT2D eigenvalue weighted by atomic mass is 10.5. The quantitative estimate of drug-likeness (QED) is 0.528. The Morgan fingerprint density at radius 2 is 2.44 bits per heavy atom. The van der Waals surface area contributed by atoms with Crippen molar-refractivity contribution in [1.82, 2.24) is 4.90 Å². The minimum Gasteiger partial charge on any atom is -0.447 e. The van der Waals surface area contributed by atoms with Crippen molar-refractivity contribution in [2.45, 2.75) is 13.8 Å². The van der Waals surface area contributed by atoms with E-state index in [0.717, 1.165) is 18.1 Å². The van der Waals surface area contributed by atoms with Crippen LogP contribution in [0, 0.1) is 0 Å². The Morgan fingerprint density at radius 1 is 1.78 bits per heavy atom. The van der Waals surface area contributed by atoms with E-state index in [1.54, 1.807) is 6.26 Å². The molecule has 0 spiro atoms. The minimum atomic E-state index is 0.731. The molecule has 0 bridgehead atoms. The third kappa shape index (κ3) is 0.922. The first-order chi connectivity index (χ1) is 4.25. The molecule has 2 heteroatoms. The molecule has 0 radical (unpaired) electrons. The van der Waals surface area contributed by atoms with Crippen LogP contribution >= 0.6 is 0 Å². The molecule has 2 nitrogen and oxygen atoms in total. The maximum absolute atomic E-state index is 5.04. The monoisotopic (exact) mass is 125 g/mol. The van der Waals surface area contributed by atoms with E-state index < -0.39 is 0 Å². The van der Waals surface area contributed by atoms with Crippen LogP contribution in [0.25, 0.3) is 0 Å². The Labute approximate surface area is 55.4 Å². The lowest BCUT2D eigenvalue weighted by molar-refractivity contribution is 0.276. The second kappa shape index (κ2) is 2.13. The van der Waals surface area contributed by atoms with Gasteiger partial charge in [0.25, 0.3) is 0 Å². The first-order valence-corrected chi connectivity index (χ1v) is 3.05. The Kier molecular flexibility index (Phi) is 1.47. The lowest BCUT2D eigenvalue weighted by Gasteiger charge is -2.14. The van der Waals surface area contributed by atoms with E-state index in [0.29, 0.717) is 0 Å². The third-order valence-electron chi connectivity index (χ3n) is 1.41. The Morgan fingerprint density at radius 3 is 2.67 bits per heavy atom. The van der Waals surface area contributed by atoms with E-state index in [4.69, 9.17) is 4.74 Å². The van der Waals surface area contributed by atoms with Crippen molar-refractivity contribution in [2.75, 3.05) is 6.54 Å². The van der Waals surface area contributed by atoms with Gasteiger partial charge >= 0.3 is 0 Å². The van der Waals surface area contributed by atoms with E-state index in [-0.39, 0.29) is 0 Å². The van der Waals surface area contributed by atoms with Crippen molar-refractivity contribution in [3.05, 3.63) is 24.4 Å². The van der Waals surface area contributed by atoms with Crippen molar-refractivity contribution in [2.24, 2.45) is 0 Å². The van der Waals surface area contributed by atoms with Gasteiger partial charge in [0.1, 0.15) is 6.26 Å². The highest BCUT2D eigenvalue weighted by molar-refractivity contribution is 5.08. The molecule has 0 aliphatic carbocycles. The van der Waals surface area contributed by atoms with Crippen molar-refractivity contribution >= 4 is 0 Å². The zero-order valence-electron chi connectivity index (χ0n) is 5.85. The SMILES string of the molecule is C=C1OC=C(C)N1CC. The van der Waals surface area contributed by atoms with Gasteiger partial charge in [-0.05, 0) is 20.4 Å². The predicted molar refractivity (Wildman–Crippen MR) is 36.4 cm³/mol. The Hall–Kier alpha value is -0.920. The Balaban J connectivity index is 2.67. The molecule has 0 aromatic heterocycles. The smallest absolute Gasteiger partial charge is 0.192 e. The first kappa shape index (κ1) is 6.20. The van der Waals surface area contributed by atoms with Crippen LogP contribution in [0.4, 0.5) is 0 Å². The molecule has 1 aliphatic rings. The molecule has 1 rings (SSSR count). The van der Waals surface area contributed by atoms with Crippen molar-refractivity contribution in [3.8, 4) is 0 Å². The lowest BCUT2D eigenvalue weighted by Crippen LogP contribution is -2.15. The molecule has 0 amide bonds. The van der Waals surface area contributed by atoms with Crippen LogP contribution in [0.15, 0.2) is 24.4 Å². The molecule has 0 aromatic rings. The minimum absolute atomic E-state index is 0.731. The number of hydrogen-bond donors (Lipinski definition) is 0. The van der Waals surface area contributed by atoms with E-state index in [2.05, 4.69) is 13.5 Å². The van der Waals surface area contributed by atoms with E-state index in [1.165, 1.54) is 0 Å². The molecule has 0 N–H and O–H groups in total. The van der Waals surface area contributed by atoms with Crippen LogP contribution in [0.2, 0.25) is 0 Å². The summed E-state index contributed by atoms with van der Waals surface area (Å²) in [5.41, 5.74) is 1.13. The normalized spacial score (nSPS) is 17.8. The zero-order valence-corrected chi connectivity index (χ0v) is 5.85. The highest BCUT2D eigenvalue weighted by Crippen LogP contribution is 2.19. The number of allylic oxidation sites excluding steroid dienone is 1. The first-order valence-electron chi connectivity index (χ1n) is 3.05. The molecule has 0 saturated heterocycles. The summed E-state index contributed by atoms with van der Waals surface area (Å²) < 4.78 is 5.04. The largest absolute Gasteiger partial charge is 0.447 e. The number of rotatable bonds is 1. The molecule has 0 saturated carbocycles. The molecule has 1 aliphatic heterocycles. The van der Waals surface area contributed by atoms with Crippen molar-refractivity contribution in [1.29, 1.82) is 0 Å². The topological polar surface area (TPSA) is 12.5 Å². The van der Waals surface area contributed by atoms with Gasteiger partial charge in [-0.2, -0.15) is 0 Å². The molecule has 0 aromatic carbocycles. The van der Waals surface area contributed by atoms with Gasteiger partial charge < -0.3 is 9.64 Å². The number of ether oxygens (including phenoxy) is 1. The van der Waals surface area contributed by atoms with Gasteiger partial charge in [0.15, 0.2) is 5.88 Å². The van der Waals surface area contributed by atoms with Crippen LogP contribution in [0.1, 0.15) is 13.8 Å². The van der Waals surface area contributed by atoms with Crippen LogP contribution in [0.3, 0.4) is 0 Å². The third-order valence-corrected chi connectivity index (χ3v) is 1.41. The van der Waals surface area contributed by atoms with Gasteiger partial charge in [-0.15, -0.1) is 0 Å². The van der Waals surface area contributed by atoms with Gasteiger partial charge in [0.05, 0.1) is 5.70 Å². The van der Waals surface area contributed by atoms with Crippen LogP contribution in [-0.2, 0) is 4.74 Å². The summed E-state index contributed by atoms with van der Waals surface area (Å²) in [6.45, 7) is 8.71. The molecular weight excluding hydrogens is 114 g/mol. The van der Waals surface area contributed by atoms with Crippen LogP contribution < -0.4 is 0 Å². The fourth-order valence-corrected chi connectivity index (χ4v) is 0.903. The zero-order chi connectivity index (χ0) is 6.85. The Bertz CT molecular complexity index is 160. The fraction of sp³-hybridized carbons (Fsp3) is 0.429. The fourth-order valence-electron chi connectivity index (χ4n) is 0.903. The number of nitrogens with zero attached hydrogens (tertiary/aromatic N) is 1. The summed E-state index contributed by atoms with van der Waals surface area (Å²) in [5, 5.41) is 0. The van der Waals surface area contributed by atoms with E-state index in [1.807, 2.05) is 11.8 Å². The second-order valence-corrected chi connectivity index (χ2v) is 2.02. The summed E-state index contributed by atoms with van der Waals surface area (Å²) in [6.07, 6.45) is 1.71. The standard InChI is InChI=1S/C7H11NO/c1-4-8-6(2)5-9-7(8)3/h5H,3-4H2,1-2H3. The van der Waals surface area contributed by atoms with E-state index >= 15 is 0 Å². The maximum atomic E-state index is 5.04. The highest BCUT2D eigenvalue weighted by atomic mass is 16.5. The molecule has 0 unspecified atom stereocenters. The van der Waals surface area contributed by atoms with E-state index in [9.17, 15) is 0 Å². The maximum Gasteiger partial charge on any atom is 0.192 e. The molecule has 0 atom stereocenters. The second-order valence-electron chi connectivity index (χ2n) is 2.02. The molecule has 50 valence electrons. The van der Waals surface area contributed by atoms with Crippen molar-refractivity contribution < 1.29 is 4.74 Å². The van der Waals surface area contributed by atoms with Gasteiger partial charge in [0, 0.05) is 6.54 Å². The summed E-state index contributed by atoms with van der Waals surface area (Å²) in [4.78, 5) is 2.01. The van der Waals surface area contributed by atoms with Gasteiger partial charge in [-0.3, -0.25) is 0 Å². The van der Waals surface area contributed by atoms with Crippen LogP contribution in [-0.4, -0.2) is 11.4 Å². The van der Waals surface area contributed by atoms with Crippen molar-refractivity contribution in [3.63, 3.8) is 0 Å². The van der Waals surface area contributed by atoms with Gasteiger partial charge in [0.2, 0.25) is 0 Å². The summed E-state index contributed by atoms with van der Waals surface area (Å²) in [7, 11) is 0. The predicted octanol–water partition coefficient (Wildman–Crippen LogP) is 1.67. The molecular formula is C7H11NO. The molecule has 0 fully saturated rings. The number of hydrogen-bond acceptors (Lipinski definition) is 2.